The first-order chi connectivity index (χ1) is 6.15. The van der Waals surface area contributed by atoms with Gasteiger partial charge >= 0.3 is 5.97 Å². The Morgan fingerprint density at radius 1 is 1.14 bits per heavy atom. The molecule has 0 aliphatic heterocycles. The summed E-state index contributed by atoms with van der Waals surface area (Å²) in [6, 6.07) is 5.33. The summed E-state index contributed by atoms with van der Waals surface area (Å²) in [5.41, 5.74) is 0.347. The Hall–Kier alpha value is -0.918. The minimum absolute atomic E-state index is 0. The molecule has 0 aromatic heterocycles. The summed E-state index contributed by atoms with van der Waals surface area (Å²) in [7, 11) is 1.26. The van der Waals surface area contributed by atoms with Crippen LogP contribution in [0, 0.1) is 0 Å². The van der Waals surface area contributed by atoms with Gasteiger partial charge in [-0.15, -0.1) is 0 Å². The van der Waals surface area contributed by atoms with Crippen molar-refractivity contribution in [3.05, 3.63) is 35.4 Å². The molecule has 0 N–H and O–H groups in total. The number of benzene rings is 1. The van der Waals surface area contributed by atoms with Gasteiger partial charge in [-0.25, -0.2) is 4.79 Å². The fourth-order valence-corrected chi connectivity index (χ4v) is 0.860. The molecule has 0 spiro atoms. The van der Waals surface area contributed by atoms with Gasteiger partial charge in [0.2, 0.25) is 0 Å². The topological polar surface area (TPSA) is 66.4 Å². The first-order valence-corrected chi connectivity index (χ1v) is 3.55. The number of methoxy groups -OCH3 is 1. The van der Waals surface area contributed by atoms with Crippen molar-refractivity contribution in [1.29, 1.82) is 0 Å². The molecule has 0 amide bonds. The van der Waals surface area contributed by atoms with E-state index in [0.29, 0.717) is 5.56 Å². The molecule has 0 fully saturated rings. The summed E-state index contributed by atoms with van der Waals surface area (Å²) in [6.45, 7) is 0. The molecule has 1 aromatic rings. The largest absolute Gasteiger partial charge is 0.545 e. The van der Waals surface area contributed by atoms with E-state index in [1.807, 2.05) is 0 Å². The molecule has 1 rings (SSSR count). The van der Waals surface area contributed by atoms with Crippen LogP contribution in [0.15, 0.2) is 24.3 Å². The molecule has 70 valence electrons. The van der Waals surface area contributed by atoms with Crippen molar-refractivity contribution in [2.75, 3.05) is 7.11 Å². The van der Waals surface area contributed by atoms with Crippen LogP contribution >= 0.6 is 0 Å². The molecule has 0 saturated heterocycles. The summed E-state index contributed by atoms with van der Waals surface area (Å²) in [5.74, 6) is -1.76. The van der Waals surface area contributed by atoms with Crippen LogP contribution in [0.25, 0.3) is 0 Å². The number of carbonyl (C=O) groups excluding carboxylic acids is 2. The zero-order valence-corrected chi connectivity index (χ0v) is 11.7. The molecule has 0 bridgehead atoms. The smallest absolute Gasteiger partial charge is 0.337 e. The normalized spacial score (nSPS) is 8.64. The van der Waals surface area contributed by atoms with Gasteiger partial charge in [-0.05, 0) is 17.7 Å². The van der Waals surface area contributed by atoms with E-state index >= 15 is 0 Å². The number of rotatable bonds is 2. The summed E-state index contributed by atoms with van der Waals surface area (Å²) < 4.78 is 4.43. The molecule has 5 heteroatoms. The monoisotopic (exact) mass is 293 g/mol. The SMILES string of the molecule is COC(=O)c1ccc(C(=O)[O-])cc1.[Cd]. The van der Waals surface area contributed by atoms with Crippen LogP contribution in [0.4, 0.5) is 0 Å². The van der Waals surface area contributed by atoms with Gasteiger partial charge in [0.05, 0.1) is 18.6 Å². The van der Waals surface area contributed by atoms with E-state index < -0.39 is 11.9 Å². The molecule has 4 nitrogen and oxygen atoms in total. The van der Waals surface area contributed by atoms with E-state index in [-0.39, 0.29) is 32.9 Å². The van der Waals surface area contributed by atoms with Crippen LogP contribution in [-0.2, 0) is 32.0 Å². The van der Waals surface area contributed by atoms with Crippen LogP contribution in [0.1, 0.15) is 20.7 Å². The number of carbonyl (C=O) groups is 2. The Bertz CT molecular complexity index is 331. The van der Waals surface area contributed by atoms with E-state index in [4.69, 9.17) is 0 Å². The van der Waals surface area contributed by atoms with Crippen LogP contribution in [0.5, 0.6) is 0 Å². The second kappa shape index (κ2) is 5.74. The first kappa shape index (κ1) is 13.1. The number of ether oxygens (including phenoxy) is 1. The van der Waals surface area contributed by atoms with E-state index in [9.17, 15) is 14.7 Å². The van der Waals surface area contributed by atoms with Gasteiger partial charge in [0, 0.05) is 27.3 Å². The average molecular weight is 292 g/mol. The van der Waals surface area contributed by atoms with Crippen molar-refractivity contribution in [2.45, 2.75) is 0 Å². The predicted molar refractivity (Wildman–Crippen MR) is 42.1 cm³/mol. The van der Waals surface area contributed by atoms with Gasteiger partial charge < -0.3 is 14.6 Å². The second-order valence-corrected chi connectivity index (χ2v) is 2.36. The fraction of sp³-hybridized carbons (Fsp3) is 0.111. The molecule has 14 heavy (non-hydrogen) atoms. The van der Waals surface area contributed by atoms with E-state index in [2.05, 4.69) is 4.74 Å². The summed E-state index contributed by atoms with van der Waals surface area (Å²) in [4.78, 5) is 21.2. The van der Waals surface area contributed by atoms with Crippen molar-refractivity contribution in [3.63, 3.8) is 0 Å². The van der Waals surface area contributed by atoms with Gasteiger partial charge in [-0.1, -0.05) is 12.1 Å². The third-order valence-corrected chi connectivity index (χ3v) is 1.54. The van der Waals surface area contributed by atoms with Gasteiger partial charge in [0.15, 0.2) is 0 Å². The Morgan fingerprint density at radius 3 is 1.93 bits per heavy atom. The number of hydrogen-bond donors (Lipinski definition) is 0. The minimum Gasteiger partial charge on any atom is -0.545 e. The molecule has 0 radical (unpaired) electrons. The third-order valence-electron chi connectivity index (χ3n) is 1.54. The Labute approximate surface area is 101 Å². The maximum absolute atomic E-state index is 10.9. The van der Waals surface area contributed by atoms with Gasteiger partial charge in [-0.3, -0.25) is 0 Å². The number of carboxylic acids is 1. The number of hydrogen-bond acceptors (Lipinski definition) is 4. The molecular formula is C9H7CdO4-. The van der Waals surface area contributed by atoms with Crippen molar-refractivity contribution in [1.82, 2.24) is 0 Å². The van der Waals surface area contributed by atoms with Crippen molar-refractivity contribution in [3.8, 4) is 0 Å². The zero-order valence-electron chi connectivity index (χ0n) is 7.65. The predicted octanol–water partition coefficient (Wildman–Crippen LogP) is -0.166. The van der Waals surface area contributed by atoms with Gasteiger partial charge in [0.25, 0.3) is 0 Å². The minimum atomic E-state index is -1.27. The van der Waals surface area contributed by atoms with Crippen LogP contribution in [-0.4, -0.2) is 19.0 Å². The second-order valence-electron chi connectivity index (χ2n) is 2.36. The molecule has 0 atom stereocenters. The van der Waals surface area contributed by atoms with Crippen molar-refractivity contribution in [2.24, 2.45) is 0 Å². The molecule has 0 heterocycles. The summed E-state index contributed by atoms with van der Waals surface area (Å²) >= 11 is 0. The quantitative estimate of drug-likeness (QED) is 0.561. The van der Waals surface area contributed by atoms with E-state index in [1.165, 1.54) is 31.4 Å². The van der Waals surface area contributed by atoms with Crippen molar-refractivity contribution < 1.29 is 46.7 Å². The van der Waals surface area contributed by atoms with Crippen LogP contribution in [0.2, 0.25) is 0 Å². The number of carboxylic acid groups (broad SMARTS) is 1. The third kappa shape index (κ3) is 3.09. The first-order valence-electron chi connectivity index (χ1n) is 3.55. The van der Waals surface area contributed by atoms with Gasteiger partial charge in [-0.2, -0.15) is 0 Å². The number of esters is 1. The summed E-state index contributed by atoms with van der Waals surface area (Å²) in [5, 5.41) is 10.3. The Kier molecular flexibility index (Phi) is 5.36. The molecule has 0 aliphatic carbocycles. The molecular weight excluding hydrogens is 285 g/mol. The maximum atomic E-state index is 10.9. The molecule has 0 unspecified atom stereocenters. The van der Waals surface area contributed by atoms with E-state index in [0.717, 1.165) is 0 Å². The Balaban J connectivity index is 0.00000169. The van der Waals surface area contributed by atoms with E-state index in [1.54, 1.807) is 0 Å². The zero-order chi connectivity index (χ0) is 9.84. The summed E-state index contributed by atoms with van der Waals surface area (Å²) in [6.07, 6.45) is 0. The standard InChI is InChI=1S/C9H8O4.Cd/c1-13-9(12)7-4-2-6(3-5-7)8(10)11;/h2-5H,1H3,(H,10,11);/p-1. The molecule has 0 saturated carbocycles. The van der Waals surface area contributed by atoms with Crippen LogP contribution < -0.4 is 5.11 Å². The molecule has 1 aromatic carbocycles. The fourth-order valence-electron chi connectivity index (χ4n) is 0.860. The van der Waals surface area contributed by atoms with Crippen LogP contribution in [0.3, 0.4) is 0 Å². The average Bonchev–Trinajstić information content (AvgIpc) is 2.17. The number of aromatic carboxylic acids is 1. The maximum Gasteiger partial charge on any atom is 0.337 e. The Morgan fingerprint density at radius 2 is 1.57 bits per heavy atom. The molecule has 0 aliphatic rings. The van der Waals surface area contributed by atoms with Crippen molar-refractivity contribution >= 4 is 11.9 Å². The van der Waals surface area contributed by atoms with Gasteiger partial charge in [0.1, 0.15) is 0 Å².